The van der Waals surface area contributed by atoms with Crippen LogP contribution < -0.4 is 4.90 Å². The molecule has 0 fully saturated rings. The van der Waals surface area contributed by atoms with E-state index >= 15 is 0 Å². The summed E-state index contributed by atoms with van der Waals surface area (Å²) in [5.41, 5.74) is 0.241. The minimum atomic E-state index is -1.30. The number of nitro groups is 1. The second-order valence-corrected chi connectivity index (χ2v) is 5.08. The van der Waals surface area contributed by atoms with Gasteiger partial charge in [-0.15, -0.1) is 0 Å². The molecule has 0 unspecified atom stereocenters. The van der Waals surface area contributed by atoms with E-state index in [1.165, 1.54) is 35.4 Å². The number of carboxylic acid groups (broad SMARTS) is 1. The molecule has 2 heterocycles. The third-order valence-corrected chi connectivity index (χ3v) is 3.57. The van der Waals surface area contributed by atoms with Gasteiger partial charge in [0, 0.05) is 24.9 Å². The Kier molecular flexibility index (Phi) is 3.56. The van der Waals surface area contributed by atoms with Crippen molar-refractivity contribution in [1.29, 1.82) is 0 Å². The molecule has 122 valence electrons. The lowest BCUT2D eigenvalue weighted by Gasteiger charge is -2.27. The second-order valence-electron chi connectivity index (χ2n) is 5.08. The fourth-order valence-corrected chi connectivity index (χ4v) is 2.56. The number of benzene rings is 1. The van der Waals surface area contributed by atoms with Gasteiger partial charge in [0.1, 0.15) is 12.2 Å². The van der Waals surface area contributed by atoms with E-state index in [1.807, 2.05) is 0 Å². The molecule has 0 saturated carbocycles. The van der Waals surface area contributed by atoms with Crippen LogP contribution in [0.2, 0.25) is 0 Å². The molecule has 3 rings (SSSR count). The SMILES string of the molecule is O=C(O)CN1C(=O)C(=O)Cc2cc([N+](=O)[O-])c(-n3ccnc3)cc21. The molecule has 10 heteroatoms. The maximum atomic E-state index is 12.0. The van der Waals surface area contributed by atoms with Crippen molar-refractivity contribution in [3.05, 3.63) is 46.5 Å². The van der Waals surface area contributed by atoms with E-state index in [4.69, 9.17) is 5.11 Å². The van der Waals surface area contributed by atoms with Crippen molar-refractivity contribution in [3.63, 3.8) is 0 Å². The molecule has 0 bridgehead atoms. The van der Waals surface area contributed by atoms with Crippen molar-refractivity contribution in [2.45, 2.75) is 6.42 Å². The number of aromatic nitrogens is 2. The van der Waals surface area contributed by atoms with Crippen molar-refractivity contribution >= 4 is 29.0 Å². The fourth-order valence-electron chi connectivity index (χ4n) is 2.56. The molecule has 10 nitrogen and oxygen atoms in total. The average molecular weight is 330 g/mol. The standard InChI is InChI=1S/C14H10N4O6/c19-12-4-8-3-11(18(23)24)10(16-2-1-15-7-16)5-9(8)17(14(12)22)6-13(20)21/h1-3,5,7H,4,6H2,(H,20,21). The number of Topliss-reactive ketones (excluding diaryl/α,β-unsaturated/α-hetero) is 1. The van der Waals surface area contributed by atoms with Crippen LogP contribution in [-0.2, 0) is 20.8 Å². The van der Waals surface area contributed by atoms with Crippen LogP contribution in [0.3, 0.4) is 0 Å². The number of fused-ring (bicyclic) bond motifs is 1. The Hall–Kier alpha value is -3.56. The number of imidazole rings is 1. The summed E-state index contributed by atoms with van der Waals surface area (Å²) in [6.07, 6.45) is 3.93. The monoisotopic (exact) mass is 330 g/mol. The summed E-state index contributed by atoms with van der Waals surface area (Å²) >= 11 is 0. The number of nitro benzene ring substituents is 1. The molecule has 2 aromatic rings. The van der Waals surface area contributed by atoms with E-state index in [0.29, 0.717) is 0 Å². The van der Waals surface area contributed by atoms with E-state index in [0.717, 1.165) is 4.90 Å². The van der Waals surface area contributed by atoms with Gasteiger partial charge in [0.2, 0.25) is 5.78 Å². The number of hydrogen-bond donors (Lipinski definition) is 1. The molecule has 0 aliphatic carbocycles. The van der Waals surface area contributed by atoms with Gasteiger partial charge < -0.3 is 9.67 Å². The lowest BCUT2D eigenvalue weighted by atomic mass is 9.98. The number of ketones is 1. The summed E-state index contributed by atoms with van der Waals surface area (Å²) in [5, 5.41) is 20.3. The van der Waals surface area contributed by atoms with Crippen molar-refractivity contribution in [1.82, 2.24) is 9.55 Å². The summed E-state index contributed by atoms with van der Waals surface area (Å²) in [6, 6.07) is 2.51. The molecule has 1 N–H and O–H groups in total. The van der Waals surface area contributed by atoms with Gasteiger partial charge in [-0.2, -0.15) is 0 Å². The lowest BCUT2D eigenvalue weighted by molar-refractivity contribution is -0.384. The maximum Gasteiger partial charge on any atom is 0.323 e. The van der Waals surface area contributed by atoms with E-state index < -0.39 is 29.1 Å². The normalized spacial score (nSPS) is 13.8. The van der Waals surface area contributed by atoms with Crippen molar-refractivity contribution in [2.24, 2.45) is 0 Å². The Morgan fingerprint density at radius 3 is 2.67 bits per heavy atom. The third kappa shape index (κ3) is 2.49. The average Bonchev–Trinajstić information content (AvgIpc) is 3.04. The molecule has 0 spiro atoms. The van der Waals surface area contributed by atoms with Crippen molar-refractivity contribution in [3.8, 4) is 5.69 Å². The van der Waals surface area contributed by atoms with Gasteiger partial charge in [-0.05, 0) is 11.6 Å². The Balaban J connectivity index is 2.23. The van der Waals surface area contributed by atoms with E-state index in [2.05, 4.69) is 4.98 Å². The predicted molar refractivity (Wildman–Crippen MR) is 78.9 cm³/mol. The van der Waals surface area contributed by atoms with Crippen LogP contribution in [0.5, 0.6) is 0 Å². The summed E-state index contributed by atoms with van der Waals surface area (Å²) in [6.45, 7) is -0.710. The van der Waals surface area contributed by atoms with Crippen LogP contribution in [-0.4, -0.2) is 43.8 Å². The van der Waals surface area contributed by atoms with Crippen LogP contribution in [0.15, 0.2) is 30.9 Å². The van der Waals surface area contributed by atoms with Gasteiger partial charge in [0.15, 0.2) is 0 Å². The number of carbonyl (C=O) groups excluding carboxylic acids is 2. The first kappa shape index (κ1) is 15.3. The molecule has 24 heavy (non-hydrogen) atoms. The second kappa shape index (κ2) is 5.57. The van der Waals surface area contributed by atoms with E-state index in [1.54, 1.807) is 0 Å². The zero-order valence-corrected chi connectivity index (χ0v) is 12.1. The Labute approximate surface area is 134 Å². The maximum absolute atomic E-state index is 12.0. The number of hydrogen-bond acceptors (Lipinski definition) is 6. The van der Waals surface area contributed by atoms with Crippen molar-refractivity contribution in [2.75, 3.05) is 11.4 Å². The van der Waals surface area contributed by atoms with Crippen LogP contribution >= 0.6 is 0 Å². The quantitative estimate of drug-likeness (QED) is 0.484. The Bertz CT molecular complexity index is 874. The molecule has 1 amide bonds. The van der Waals surface area contributed by atoms with Crippen LogP contribution in [0.25, 0.3) is 5.69 Å². The number of carbonyl (C=O) groups is 3. The third-order valence-electron chi connectivity index (χ3n) is 3.57. The smallest absolute Gasteiger partial charge is 0.323 e. The first-order valence-electron chi connectivity index (χ1n) is 6.74. The molecule has 0 atom stereocenters. The van der Waals surface area contributed by atoms with Crippen LogP contribution in [0, 0.1) is 10.1 Å². The van der Waals surface area contributed by atoms with Crippen LogP contribution in [0.4, 0.5) is 11.4 Å². The molecule has 0 radical (unpaired) electrons. The Morgan fingerprint density at radius 2 is 2.08 bits per heavy atom. The summed E-state index contributed by atoms with van der Waals surface area (Å²) in [7, 11) is 0. The highest BCUT2D eigenvalue weighted by atomic mass is 16.6. The number of nitrogens with zero attached hydrogens (tertiary/aromatic N) is 4. The highest BCUT2D eigenvalue weighted by molar-refractivity contribution is 6.43. The van der Waals surface area contributed by atoms with Gasteiger partial charge in [-0.3, -0.25) is 29.4 Å². The highest BCUT2D eigenvalue weighted by Gasteiger charge is 2.35. The van der Waals surface area contributed by atoms with Crippen molar-refractivity contribution < 1.29 is 24.4 Å². The van der Waals surface area contributed by atoms with E-state index in [9.17, 15) is 24.5 Å². The van der Waals surface area contributed by atoms with Gasteiger partial charge in [0.05, 0.1) is 16.9 Å². The fraction of sp³-hybridized carbons (Fsp3) is 0.143. The minimum absolute atomic E-state index is 0.119. The first-order chi connectivity index (χ1) is 11.4. The molecule has 1 aromatic heterocycles. The Morgan fingerprint density at radius 1 is 1.33 bits per heavy atom. The minimum Gasteiger partial charge on any atom is -0.480 e. The zero-order valence-electron chi connectivity index (χ0n) is 12.1. The van der Waals surface area contributed by atoms with Gasteiger partial charge in [-0.25, -0.2) is 4.98 Å². The molecule has 1 aliphatic rings. The number of aliphatic carboxylic acids is 1. The number of carboxylic acids is 1. The molecule has 1 aromatic carbocycles. The number of amides is 1. The van der Waals surface area contributed by atoms with Gasteiger partial charge >= 0.3 is 5.97 Å². The first-order valence-corrected chi connectivity index (χ1v) is 6.74. The number of rotatable bonds is 4. The highest BCUT2D eigenvalue weighted by Crippen LogP contribution is 2.35. The molecule has 1 aliphatic heterocycles. The zero-order chi connectivity index (χ0) is 17.4. The van der Waals surface area contributed by atoms with Gasteiger partial charge in [0.25, 0.3) is 11.6 Å². The molecular weight excluding hydrogens is 320 g/mol. The topological polar surface area (TPSA) is 136 Å². The molecular formula is C14H10N4O6. The largest absolute Gasteiger partial charge is 0.480 e. The summed E-state index contributed by atoms with van der Waals surface area (Å²) in [5.74, 6) is -3.06. The lowest BCUT2D eigenvalue weighted by Crippen LogP contribution is -2.44. The van der Waals surface area contributed by atoms with Gasteiger partial charge in [-0.1, -0.05) is 0 Å². The predicted octanol–water partition coefficient (Wildman–Crippen LogP) is 0.323. The summed E-state index contributed by atoms with van der Waals surface area (Å²) in [4.78, 5) is 50.1. The van der Waals surface area contributed by atoms with E-state index in [-0.39, 0.29) is 29.0 Å². The summed E-state index contributed by atoms with van der Waals surface area (Å²) < 4.78 is 1.37. The molecule has 0 saturated heterocycles. The van der Waals surface area contributed by atoms with Crippen LogP contribution in [0.1, 0.15) is 5.56 Å². The number of anilines is 1.